The molecule has 2 aromatic rings. The van der Waals surface area contributed by atoms with E-state index in [0.29, 0.717) is 23.7 Å². The minimum Gasteiger partial charge on any atom is -0.504 e. The SMILES string of the molecule is O=C(Cc1ccc(O)c(O)c1)N1CCN(c2cccc(Cl)c2)CC1. The molecule has 126 valence electrons. The van der Waals surface area contributed by atoms with E-state index >= 15 is 0 Å². The third kappa shape index (κ3) is 3.74. The number of amides is 1. The van der Waals surface area contributed by atoms with Gasteiger partial charge in [0, 0.05) is 36.9 Å². The summed E-state index contributed by atoms with van der Waals surface area (Å²) in [6.45, 7) is 2.81. The van der Waals surface area contributed by atoms with Crippen molar-refractivity contribution in [3.8, 4) is 11.5 Å². The zero-order valence-electron chi connectivity index (χ0n) is 13.2. The van der Waals surface area contributed by atoms with Crippen LogP contribution in [0.25, 0.3) is 0 Å². The Morgan fingerprint density at radius 3 is 2.42 bits per heavy atom. The number of phenolic OH excluding ortho intramolecular Hbond substituents is 2. The Kier molecular flexibility index (Phi) is 4.81. The maximum Gasteiger partial charge on any atom is 0.227 e. The standard InChI is InChI=1S/C18H19ClN2O3/c19-14-2-1-3-15(12-14)20-6-8-21(9-7-20)18(24)11-13-4-5-16(22)17(23)10-13/h1-5,10,12,22-23H,6-9,11H2. The van der Waals surface area contributed by atoms with Gasteiger partial charge in [-0.3, -0.25) is 4.79 Å². The molecule has 1 amide bonds. The highest BCUT2D eigenvalue weighted by molar-refractivity contribution is 6.30. The average molecular weight is 347 g/mol. The van der Waals surface area contributed by atoms with Gasteiger partial charge in [0.15, 0.2) is 11.5 Å². The van der Waals surface area contributed by atoms with Crippen molar-refractivity contribution in [2.24, 2.45) is 0 Å². The molecular weight excluding hydrogens is 328 g/mol. The highest BCUT2D eigenvalue weighted by Gasteiger charge is 2.21. The topological polar surface area (TPSA) is 64.0 Å². The minimum absolute atomic E-state index is 0.0193. The van der Waals surface area contributed by atoms with Crippen LogP contribution in [0.3, 0.4) is 0 Å². The summed E-state index contributed by atoms with van der Waals surface area (Å²) in [5.74, 6) is -0.363. The highest BCUT2D eigenvalue weighted by Crippen LogP contribution is 2.25. The number of nitrogens with zero attached hydrogens (tertiary/aromatic N) is 2. The van der Waals surface area contributed by atoms with Gasteiger partial charge in [0.25, 0.3) is 0 Å². The number of piperazine rings is 1. The van der Waals surface area contributed by atoms with Gasteiger partial charge >= 0.3 is 0 Å². The fourth-order valence-electron chi connectivity index (χ4n) is 2.85. The second-order valence-electron chi connectivity index (χ2n) is 5.85. The van der Waals surface area contributed by atoms with Crippen molar-refractivity contribution in [2.45, 2.75) is 6.42 Å². The quantitative estimate of drug-likeness (QED) is 0.839. The molecule has 1 aliphatic rings. The molecule has 1 fully saturated rings. The van der Waals surface area contributed by atoms with Crippen LogP contribution >= 0.6 is 11.6 Å². The lowest BCUT2D eigenvalue weighted by atomic mass is 10.1. The van der Waals surface area contributed by atoms with E-state index in [1.165, 1.54) is 12.1 Å². The first-order valence-electron chi connectivity index (χ1n) is 7.82. The lowest BCUT2D eigenvalue weighted by molar-refractivity contribution is -0.130. The lowest BCUT2D eigenvalue weighted by Crippen LogP contribution is -2.49. The summed E-state index contributed by atoms with van der Waals surface area (Å²) >= 11 is 6.03. The molecule has 2 N–H and O–H groups in total. The first kappa shape index (κ1) is 16.5. The van der Waals surface area contributed by atoms with Crippen molar-refractivity contribution in [1.82, 2.24) is 4.90 Å². The molecule has 0 saturated carbocycles. The normalized spacial score (nSPS) is 14.7. The second-order valence-corrected chi connectivity index (χ2v) is 6.28. The number of hydrogen-bond acceptors (Lipinski definition) is 4. The van der Waals surface area contributed by atoms with Gasteiger partial charge in [-0.2, -0.15) is 0 Å². The second kappa shape index (κ2) is 7.01. The number of hydrogen-bond donors (Lipinski definition) is 2. The van der Waals surface area contributed by atoms with E-state index in [9.17, 15) is 15.0 Å². The molecule has 5 nitrogen and oxygen atoms in total. The predicted octanol–water partition coefficient (Wildman–Crippen LogP) is 2.64. The third-order valence-electron chi connectivity index (χ3n) is 4.20. The number of halogens is 1. The number of benzene rings is 2. The molecular formula is C18H19ClN2O3. The smallest absolute Gasteiger partial charge is 0.227 e. The number of rotatable bonds is 3. The predicted molar refractivity (Wildman–Crippen MR) is 93.7 cm³/mol. The molecule has 2 aromatic carbocycles. The van der Waals surface area contributed by atoms with Gasteiger partial charge in [-0.15, -0.1) is 0 Å². The van der Waals surface area contributed by atoms with E-state index in [0.717, 1.165) is 18.8 Å². The summed E-state index contributed by atoms with van der Waals surface area (Å²) in [6, 6.07) is 12.2. The van der Waals surface area contributed by atoms with Gasteiger partial charge in [-0.25, -0.2) is 0 Å². The van der Waals surface area contributed by atoms with Gasteiger partial charge in [-0.05, 0) is 35.9 Å². The van der Waals surface area contributed by atoms with Gasteiger partial charge in [-0.1, -0.05) is 23.7 Å². The van der Waals surface area contributed by atoms with Crippen molar-refractivity contribution < 1.29 is 15.0 Å². The first-order valence-corrected chi connectivity index (χ1v) is 8.20. The molecule has 0 radical (unpaired) electrons. The van der Waals surface area contributed by atoms with Crippen LogP contribution in [0.2, 0.25) is 5.02 Å². The summed E-state index contributed by atoms with van der Waals surface area (Å²) < 4.78 is 0. The minimum atomic E-state index is -0.203. The Balaban J connectivity index is 1.58. The molecule has 1 aliphatic heterocycles. The average Bonchev–Trinajstić information content (AvgIpc) is 2.58. The van der Waals surface area contributed by atoms with E-state index < -0.39 is 0 Å². The third-order valence-corrected chi connectivity index (χ3v) is 4.44. The monoisotopic (exact) mass is 346 g/mol. The summed E-state index contributed by atoms with van der Waals surface area (Å²) in [5, 5.41) is 19.5. The van der Waals surface area contributed by atoms with Crippen molar-refractivity contribution in [3.63, 3.8) is 0 Å². The highest BCUT2D eigenvalue weighted by atomic mass is 35.5. The van der Waals surface area contributed by atoms with Crippen LogP contribution in [0.15, 0.2) is 42.5 Å². The Morgan fingerprint density at radius 2 is 1.75 bits per heavy atom. The van der Waals surface area contributed by atoms with Crippen molar-refractivity contribution in [3.05, 3.63) is 53.1 Å². The zero-order chi connectivity index (χ0) is 17.1. The van der Waals surface area contributed by atoms with Crippen LogP contribution in [0, 0.1) is 0 Å². The summed E-state index contributed by atoms with van der Waals surface area (Å²) in [7, 11) is 0. The fraction of sp³-hybridized carbons (Fsp3) is 0.278. The molecule has 1 saturated heterocycles. The zero-order valence-corrected chi connectivity index (χ0v) is 13.9. The Labute approximate surface area is 145 Å². The van der Waals surface area contributed by atoms with Gasteiger partial charge in [0.05, 0.1) is 6.42 Å². The molecule has 0 spiro atoms. The Bertz CT molecular complexity index is 743. The summed E-state index contributed by atoms with van der Waals surface area (Å²) in [6.07, 6.45) is 0.213. The summed E-state index contributed by atoms with van der Waals surface area (Å²) in [5.41, 5.74) is 1.76. The number of anilines is 1. The maximum absolute atomic E-state index is 12.4. The first-order chi connectivity index (χ1) is 11.5. The molecule has 6 heteroatoms. The van der Waals surface area contributed by atoms with Crippen LogP contribution in [-0.4, -0.2) is 47.2 Å². The maximum atomic E-state index is 12.4. The molecule has 0 aromatic heterocycles. The molecule has 0 unspecified atom stereocenters. The molecule has 24 heavy (non-hydrogen) atoms. The van der Waals surface area contributed by atoms with Crippen molar-refractivity contribution >= 4 is 23.2 Å². The Hall–Kier alpha value is -2.40. The molecule has 0 bridgehead atoms. The number of carbonyl (C=O) groups is 1. The Morgan fingerprint density at radius 1 is 1.00 bits per heavy atom. The van der Waals surface area contributed by atoms with Crippen molar-refractivity contribution in [1.29, 1.82) is 0 Å². The van der Waals surface area contributed by atoms with Gasteiger partial charge in [0.1, 0.15) is 0 Å². The van der Waals surface area contributed by atoms with Gasteiger partial charge < -0.3 is 20.0 Å². The van der Waals surface area contributed by atoms with Crippen molar-refractivity contribution in [2.75, 3.05) is 31.1 Å². The van der Waals surface area contributed by atoms with E-state index in [1.807, 2.05) is 29.2 Å². The molecule has 0 aliphatic carbocycles. The van der Waals surface area contributed by atoms with E-state index in [2.05, 4.69) is 4.90 Å². The van der Waals surface area contributed by atoms with E-state index in [4.69, 9.17) is 11.6 Å². The van der Waals surface area contributed by atoms with Crippen LogP contribution < -0.4 is 4.90 Å². The number of aromatic hydroxyl groups is 2. The van der Waals surface area contributed by atoms with Crippen LogP contribution in [-0.2, 0) is 11.2 Å². The molecule has 3 rings (SSSR count). The van der Waals surface area contributed by atoms with Crippen LogP contribution in [0.5, 0.6) is 11.5 Å². The van der Waals surface area contributed by atoms with E-state index in [-0.39, 0.29) is 23.8 Å². The van der Waals surface area contributed by atoms with Crippen LogP contribution in [0.4, 0.5) is 5.69 Å². The summed E-state index contributed by atoms with van der Waals surface area (Å²) in [4.78, 5) is 16.4. The van der Waals surface area contributed by atoms with Gasteiger partial charge in [0.2, 0.25) is 5.91 Å². The van der Waals surface area contributed by atoms with E-state index in [1.54, 1.807) is 6.07 Å². The molecule has 0 atom stereocenters. The number of phenols is 2. The number of carbonyl (C=O) groups excluding carboxylic acids is 1. The lowest BCUT2D eigenvalue weighted by Gasteiger charge is -2.36. The van der Waals surface area contributed by atoms with Crippen LogP contribution in [0.1, 0.15) is 5.56 Å². The largest absolute Gasteiger partial charge is 0.504 e. The molecule has 1 heterocycles. The fourth-order valence-corrected chi connectivity index (χ4v) is 3.04.